The Morgan fingerprint density at radius 1 is 1.38 bits per heavy atom. The molecule has 0 saturated carbocycles. The maximum Gasteiger partial charge on any atom is 0.282 e. The fraction of sp³-hybridized carbons (Fsp3) is 0.429. The number of likely N-dealkylation sites (N-methyl/N-ethyl adjacent to an activating group) is 1. The molecule has 1 amide bonds. The largest absolute Gasteiger partial charge is 0.349 e. The van der Waals surface area contributed by atoms with Gasteiger partial charge in [0.1, 0.15) is 5.52 Å². The number of aromatic nitrogens is 3. The lowest BCUT2D eigenvalue weighted by atomic mass is 10.2. The van der Waals surface area contributed by atoms with Crippen LogP contribution in [0.3, 0.4) is 0 Å². The zero-order chi connectivity index (χ0) is 15.4. The number of nitrogens with zero attached hydrogens (tertiary/aromatic N) is 3. The van der Waals surface area contributed by atoms with E-state index in [0.29, 0.717) is 17.6 Å². The first kappa shape index (κ1) is 15.1. The molecule has 21 heavy (non-hydrogen) atoms. The van der Waals surface area contributed by atoms with Crippen LogP contribution in [0, 0.1) is 0 Å². The highest BCUT2D eigenvalue weighted by molar-refractivity contribution is 5.77. The van der Waals surface area contributed by atoms with Crippen LogP contribution >= 0.6 is 0 Å². The molecule has 0 bridgehead atoms. The van der Waals surface area contributed by atoms with Gasteiger partial charge in [0.05, 0.1) is 12.4 Å². The Bertz CT molecular complexity index is 695. The van der Waals surface area contributed by atoms with Crippen molar-refractivity contribution in [3.8, 4) is 0 Å². The van der Waals surface area contributed by atoms with Crippen molar-refractivity contribution in [1.29, 1.82) is 0 Å². The normalized spacial score (nSPS) is 12.6. The molecule has 1 unspecified atom stereocenters. The fourth-order valence-electron chi connectivity index (χ4n) is 2.09. The minimum absolute atomic E-state index is 0.0516. The molecule has 2 aromatic rings. The molecule has 7 nitrogen and oxygen atoms in total. The van der Waals surface area contributed by atoms with Crippen LogP contribution in [0.15, 0.2) is 29.1 Å². The van der Waals surface area contributed by atoms with Crippen molar-refractivity contribution in [2.24, 2.45) is 0 Å². The molecule has 1 aromatic heterocycles. The predicted molar refractivity (Wildman–Crippen MR) is 78.8 cm³/mol. The monoisotopic (exact) mass is 290 g/mol. The van der Waals surface area contributed by atoms with Crippen molar-refractivity contribution in [1.82, 2.24) is 20.3 Å². The van der Waals surface area contributed by atoms with E-state index in [1.165, 1.54) is 4.68 Å². The minimum atomic E-state index is -0.191. The quantitative estimate of drug-likeness (QED) is 0.724. The van der Waals surface area contributed by atoms with Gasteiger partial charge in [-0.3, -0.25) is 9.59 Å². The molecule has 2 rings (SSSR count). The molecule has 0 spiro atoms. The Morgan fingerprint density at radius 2 is 2.10 bits per heavy atom. The summed E-state index contributed by atoms with van der Waals surface area (Å²) in [6.45, 7) is 4.39. The second-order valence-electron chi connectivity index (χ2n) is 5.43. The van der Waals surface area contributed by atoms with E-state index >= 15 is 0 Å². The summed E-state index contributed by atoms with van der Waals surface area (Å²) in [6.07, 6.45) is 0. The van der Waals surface area contributed by atoms with Crippen molar-refractivity contribution in [3.63, 3.8) is 0 Å². The van der Waals surface area contributed by atoms with E-state index in [-0.39, 0.29) is 24.1 Å². The molecule has 2 N–H and O–H groups in total. The maximum atomic E-state index is 12.3. The fourth-order valence-corrected chi connectivity index (χ4v) is 2.09. The first-order chi connectivity index (χ1) is 9.97. The van der Waals surface area contributed by atoms with Crippen LogP contribution in [-0.2, 0) is 11.5 Å². The highest BCUT2D eigenvalue weighted by atomic mass is 16.2. The van der Waals surface area contributed by atoms with E-state index in [4.69, 9.17) is 0 Å². The van der Waals surface area contributed by atoms with Crippen molar-refractivity contribution in [2.75, 3.05) is 13.6 Å². The minimum Gasteiger partial charge on any atom is -0.349 e. The van der Waals surface area contributed by atoms with Gasteiger partial charge in [-0.15, -0.1) is 5.10 Å². The van der Waals surface area contributed by atoms with E-state index in [9.17, 15) is 9.59 Å². The van der Waals surface area contributed by atoms with Crippen molar-refractivity contribution < 1.29 is 9.69 Å². The summed E-state index contributed by atoms with van der Waals surface area (Å²) in [5.74, 6) is -0.0516. The van der Waals surface area contributed by atoms with Gasteiger partial charge < -0.3 is 10.2 Å². The van der Waals surface area contributed by atoms with Gasteiger partial charge in [-0.25, -0.2) is 0 Å². The van der Waals surface area contributed by atoms with Gasteiger partial charge in [0.25, 0.3) is 11.5 Å². The molecular formula is C14H20N5O2+. The van der Waals surface area contributed by atoms with E-state index in [1.807, 2.05) is 27.0 Å². The summed E-state index contributed by atoms with van der Waals surface area (Å²) < 4.78 is 1.29. The molecule has 0 radical (unpaired) electrons. The summed E-state index contributed by atoms with van der Waals surface area (Å²) >= 11 is 0. The number of hydrogen-bond acceptors (Lipinski definition) is 4. The standard InChI is InChI=1S/C14H19N5O2/c1-10(2)15-13(20)8-18(3)9-19-14(21)11-6-4-5-7-12(11)16-17-19/h4-7,10H,8-9H2,1-3H3,(H,15,20)/p+1. The Balaban J connectivity index is 2.11. The number of nitrogens with one attached hydrogen (secondary N) is 2. The van der Waals surface area contributed by atoms with Crippen LogP contribution in [0.4, 0.5) is 0 Å². The molecule has 0 aliphatic rings. The number of amides is 1. The second-order valence-corrected chi connectivity index (χ2v) is 5.43. The van der Waals surface area contributed by atoms with E-state index in [0.717, 1.165) is 4.90 Å². The Morgan fingerprint density at radius 3 is 2.81 bits per heavy atom. The SMILES string of the molecule is CC(C)NC(=O)C[NH+](C)Cn1nnc2ccccc2c1=O. The molecule has 0 aliphatic carbocycles. The van der Waals surface area contributed by atoms with Gasteiger partial charge >= 0.3 is 0 Å². The number of hydrogen-bond donors (Lipinski definition) is 2. The van der Waals surface area contributed by atoms with Gasteiger partial charge in [0.15, 0.2) is 13.2 Å². The number of benzene rings is 1. The third-order valence-corrected chi connectivity index (χ3v) is 2.96. The van der Waals surface area contributed by atoms with Crippen molar-refractivity contribution >= 4 is 16.8 Å². The average molecular weight is 290 g/mol. The van der Waals surface area contributed by atoms with Gasteiger partial charge in [0, 0.05) is 6.04 Å². The summed E-state index contributed by atoms with van der Waals surface area (Å²) in [4.78, 5) is 24.8. The first-order valence-corrected chi connectivity index (χ1v) is 6.90. The Hall–Kier alpha value is -2.28. The van der Waals surface area contributed by atoms with Gasteiger partial charge in [-0.2, -0.15) is 4.68 Å². The highest BCUT2D eigenvalue weighted by Gasteiger charge is 2.13. The molecule has 1 aromatic carbocycles. The van der Waals surface area contributed by atoms with Gasteiger partial charge in [0.2, 0.25) is 0 Å². The smallest absolute Gasteiger partial charge is 0.282 e. The number of quaternary nitrogens is 1. The summed E-state index contributed by atoms with van der Waals surface area (Å²) in [6, 6.07) is 7.19. The first-order valence-electron chi connectivity index (χ1n) is 6.90. The third-order valence-electron chi connectivity index (χ3n) is 2.96. The lowest BCUT2D eigenvalue weighted by Gasteiger charge is -2.15. The zero-order valence-corrected chi connectivity index (χ0v) is 12.5. The second kappa shape index (κ2) is 6.45. The lowest BCUT2D eigenvalue weighted by molar-refractivity contribution is -0.896. The van der Waals surface area contributed by atoms with Crippen LogP contribution in [0.1, 0.15) is 13.8 Å². The van der Waals surface area contributed by atoms with Gasteiger partial charge in [-0.05, 0) is 26.0 Å². The summed E-state index contributed by atoms with van der Waals surface area (Å²) in [7, 11) is 1.84. The van der Waals surface area contributed by atoms with Crippen LogP contribution in [0.2, 0.25) is 0 Å². The molecule has 7 heteroatoms. The van der Waals surface area contributed by atoms with Crippen LogP contribution in [0.25, 0.3) is 10.9 Å². The van der Waals surface area contributed by atoms with E-state index < -0.39 is 0 Å². The van der Waals surface area contributed by atoms with E-state index in [1.54, 1.807) is 18.2 Å². The predicted octanol–water partition coefficient (Wildman–Crippen LogP) is -1.21. The maximum absolute atomic E-state index is 12.3. The summed E-state index contributed by atoms with van der Waals surface area (Å²) in [5.41, 5.74) is 0.387. The van der Waals surface area contributed by atoms with Crippen LogP contribution in [0.5, 0.6) is 0 Å². The molecule has 0 fully saturated rings. The molecule has 112 valence electrons. The number of fused-ring (bicyclic) bond motifs is 1. The Labute approximate surface area is 122 Å². The lowest BCUT2D eigenvalue weighted by Crippen LogP contribution is -3.10. The topological polar surface area (TPSA) is 81.3 Å². The number of carbonyl (C=O) groups excluding carboxylic acids is 1. The highest BCUT2D eigenvalue weighted by Crippen LogP contribution is 2.02. The molecule has 0 aliphatic heterocycles. The van der Waals surface area contributed by atoms with Crippen LogP contribution < -0.4 is 15.8 Å². The molecule has 0 saturated heterocycles. The molecule has 1 atom stereocenters. The number of rotatable bonds is 5. The third kappa shape index (κ3) is 3.85. The van der Waals surface area contributed by atoms with Crippen LogP contribution in [-0.4, -0.2) is 40.5 Å². The van der Waals surface area contributed by atoms with Gasteiger partial charge in [-0.1, -0.05) is 17.3 Å². The molecular weight excluding hydrogens is 270 g/mol. The van der Waals surface area contributed by atoms with Crippen molar-refractivity contribution in [3.05, 3.63) is 34.6 Å². The van der Waals surface area contributed by atoms with E-state index in [2.05, 4.69) is 15.6 Å². The zero-order valence-electron chi connectivity index (χ0n) is 12.5. The summed E-state index contributed by atoms with van der Waals surface area (Å²) in [5, 5.41) is 11.3. The number of carbonyl (C=O) groups is 1. The molecule has 1 heterocycles. The van der Waals surface area contributed by atoms with Crippen molar-refractivity contribution in [2.45, 2.75) is 26.6 Å². The Kier molecular flexibility index (Phi) is 4.64. The average Bonchev–Trinajstić information content (AvgIpc) is 2.41.